The van der Waals surface area contributed by atoms with E-state index in [9.17, 15) is 0 Å². The summed E-state index contributed by atoms with van der Waals surface area (Å²) >= 11 is 0. The molecular weight excluding hydrogens is 198 g/mol. The van der Waals surface area contributed by atoms with Crippen LogP contribution < -0.4 is 5.48 Å². The Labute approximate surface area is 99.0 Å². The van der Waals surface area contributed by atoms with Crippen LogP contribution >= 0.6 is 0 Å². The van der Waals surface area contributed by atoms with Crippen LogP contribution in [0.25, 0.3) is 0 Å². The molecule has 0 saturated carbocycles. The molecule has 0 unspecified atom stereocenters. The van der Waals surface area contributed by atoms with E-state index in [1.165, 1.54) is 16.7 Å². The Kier molecular flexibility index (Phi) is 4.97. The summed E-state index contributed by atoms with van der Waals surface area (Å²) in [6.45, 7) is 9.65. The van der Waals surface area contributed by atoms with Crippen LogP contribution in [0.15, 0.2) is 18.2 Å². The first-order valence-corrected chi connectivity index (χ1v) is 5.94. The van der Waals surface area contributed by atoms with Gasteiger partial charge < -0.3 is 4.84 Å². The van der Waals surface area contributed by atoms with Gasteiger partial charge in [-0.05, 0) is 28.5 Å². The smallest absolute Gasteiger partial charge is 0.0572 e. The van der Waals surface area contributed by atoms with Gasteiger partial charge in [-0.25, -0.2) is 0 Å². The average Bonchev–Trinajstić information content (AvgIpc) is 2.25. The van der Waals surface area contributed by atoms with Crippen molar-refractivity contribution >= 4 is 0 Å². The summed E-state index contributed by atoms with van der Waals surface area (Å²) in [6, 6.07) is 6.76. The summed E-state index contributed by atoms with van der Waals surface area (Å²) in [7, 11) is 1.65. The predicted octanol–water partition coefficient (Wildman–Crippen LogP) is 3.58. The minimum absolute atomic E-state index is 0.551. The van der Waals surface area contributed by atoms with Crippen LogP contribution in [-0.2, 0) is 11.4 Å². The van der Waals surface area contributed by atoms with Crippen molar-refractivity contribution in [2.45, 2.75) is 46.1 Å². The topological polar surface area (TPSA) is 21.3 Å². The monoisotopic (exact) mass is 221 g/mol. The van der Waals surface area contributed by atoms with E-state index in [2.05, 4.69) is 51.4 Å². The SMILES string of the molecule is CONCc1cc(C(C)C)ccc1C(C)C. The van der Waals surface area contributed by atoms with E-state index in [0.717, 1.165) is 6.54 Å². The Morgan fingerprint density at radius 3 is 2.31 bits per heavy atom. The van der Waals surface area contributed by atoms with Gasteiger partial charge in [0.05, 0.1) is 7.11 Å². The van der Waals surface area contributed by atoms with E-state index < -0.39 is 0 Å². The molecular formula is C14H23NO. The summed E-state index contributed by atoms with van der Waals surface area (Å²) in [6.07, 6.45) is 0. The third-order valence-electron chi connectivity index (χ3n) is 2.86. The van der Waals surface area contributed by atoms with Crippen LogP contribution in [0.1, 0.15) is 56.2 Å². The van der Waals surface area contributed by atoms with Crippen molar-refractivity contribution in [1.29, 1.82) is 0 Å². The summed E-state index contributed by atoms with van der Waals surface area (Å²) in [4.78, 5) is 4.93. The van der Waals surface area contributed by atoms with Gasteiger partial charge in [-0.3, -0.25) is 0 Å². The van der Waals surface area contributed by atoms with Crippen molar-refractivity contribution in [2.75, 3.05) is 7.11 Å². The van der Waals surface area contributed by atoms with Gasteiger partial charge in [0.2, 0.25) is 0 Å². The summed E-state index contributed by atoms with van der Waals surface area (Å²) in [5.74, 6) is 1.12. The van der Waals surface area contributed by atoms with Gasteiger partial charge in [0.1, 0.15) is 0 Å². The van der Waals surface area contributed by atoms with Crippen LogP contribution in [0.4, 0.5) is 0 Å². The molecule has 0 heterocycles. The maximum absolute atomic E-state index is 4.93. The van der Waals surface area contributed by atoms with Crippen LogP contribution in [-0.4, -0.2) is 7.11 Å². The van der Waals surface area contributed by atoms with Gasteiger partial charge in [0.15, 0.2) is 0 Å². The van der Waals surface area contributed by atoms with Gasteiger partial charge >= 0.3 is 0 Å². The highest BCUT2D eigenvalue weighted by atomic mass is 16.6. The lowest BCUT2D eigenvalue weighted by Gasteiger charge is -2.16. The number of rotatable bonds is 5. The molecule has 0 radical (unpaired) electrons. The molecule has 0 amide bonds. The number of hydrogen-bond acceptors (Lipinski definition) is 2. The summed E-state index contributed by atoms with van der Waals surface area (Å²) in [5.41, 5.74) is 7.05. The second-order valence-electron chi connectivity index (χ2n) is 4.79. The molecule has 0 fully saturated rings. The molecule has 0 spiro atoms. The molecule has 2 heteroatoms. The first kappa shape index (κ1) is 13.2. The molecule has 0 aromatic heterocycles. The lowest BCUT2D eigenvalue weighted by Crippen LogP contribution is -2.13. The fourth-order valence-electron chi connectivity index (χ4n) is 1.85. The first-order valence-electron chi connectivity index (χ1n) is 5.94. The lowest BCUT2D eigenvalue weighted by molar-refractivity contribution is 0.0864. The van der Waals surface area contributed by atoms with Crippen molar-refractivity contribution < 1.29 is 4.84 Å². The molecule has 0 bridgehead atoms. The van der Waals surface area contributed by atoms with Gasteiger partial charge in [0, 0.05) is 6.54 Å². The van der Waals surface area contributed by atoms with E-state index in [-0.39, 0.29) is 0 Å². The fraction of sp³-hybridized carbons (Fsp3) is 0.571. The zero-order valence-corrected chi connectivity index (χ0v) is 11.0. The molecule has 0 atom stereocenters. The van der Waals surface area contributed by atoms with Gasteiger partial charge in [-0.15, -0.1) is 0 Å². The molecule has 0 saturated heterocycles. The van der Waals surface area contributed by atoms with Crippen LogP contribution in [0.2, 0.25) is 0 Å². The normalized spacial score (nSPS) is 11.4. The van der Waals surface area contributed by atoms with Gasteiger partial charge in [-0.1, -0.05) is 45.9 Å². The summed E-state index contributed by atoms with van der Waals surface area (Å²) in [5, 5.41) is 0. The minimum Gasteiger partial charge on any atom is -0.305 e. The van der Waals surface area contributed by atoms with Crippen molar-refractivity contribution in [1.82, 2.24) is 5.48 Å². The maximum Gasteiger partial charge on any atom is 0.0572 e. The van der Waals surface area contributed by atoms with Crippen molar-refractivity contribution in [2.24, 2.45) is 0 Å². The molecule has 90 valence electrons. The number of hydroxylamine groups is 1. The van der Waals surface area contributed by atoms with E-state index in [1.54, 1.807) is 7.11 Å². The van der Waals surface area contributed by atoms with Crippen molar-refractivity contribution in [3.05, 3.63) is 34.9 Å². The largest absolute Gasteiger partial charge is 0.305 e. The fourth-order valence-corrected chi connectivity index (χ4v) is 1.85. The van der Waals surface area contributed by atoms with E-state index in [0.29, 0.717) is 11.8 Å². The van der Waals surface area contributed by atoms with Gasteiger partial charge in [-0.2, -0.15) is 5.48 Å². The molecule has 1 rings (SSSR count). The number of benzene rings is 1. The average molecular weight is 221 g/mol. The Bertz CT molecular complexity index is 332. The highest BCUT2D eigenvalue weighted by Crippen LogP contribution is 2.24. The molecule has 1 N–H and O–H groups in total. The molecule has 16 heavy (non-hydrogen) atoms. The van der Waals surface area contributed by atoms with Crippen LogP contribution in [0.5, 0.6) is 0 Å². The highest BCUT2D eigenvalue weighted by Gasteiger charge is 2.08. The van der Waals surface area contributed by atoms with E-state index >= 15 is 0 Å². The van der Waals surface area contributed by atoms with Crippen molar-refractivity contribution in [3.63, 3.8) is 0 Å². The zero-order valence-electron chi connectivity index (χ0n) is 11.0. The Balaban J connectivity index is 3.01. The van der Waals surface area contributed by atoms with Crippen molar-refractivity contribution in [3.8, 4) is 0 Å². The summed E-state index contributed by atoms with van der Waals surface area (Å²) < 4.78 is 0. The third-order valence-corrected chi connectivity index (χ3v) is 2.86. The Morgan fingerprint density at radius 2 is 1.81 bits per heavy atom. The Hall–Kier alpha value is -0.860. The number of nitrogens with one attached hydrogen (secondary N) is 1. The molecule has 1 aromatic rings. The quantitative estimate of drug-likeness (QED) is 0.767. The van der Waals surface area contributed by atoms with Crippen LogP contribution in [0, 0.1) is 0 Å². The Morgan fingerprint density at radius 1 is 1.12 bits per heavy atom. The highest BCUT2D eigenvalue weighted by molar-refractivity contribution is 5.35. The van der Waals surface area contributed by atoms with E-state index in [1.807, 2.05) is 0 Å². The minimum atomic E-state index is 0.551. The molecule has 1 aromatic carbocycles. The lowest BCUT2D eigenvalue weighted by atomic mass is 9.92. The standard InChI is InChI=1S/C14H23NO/c1-10(2)12-6-7-14(11(3)4)13(8-12)9-15-16-5/h6-8,10-11,15H,9H2,1-5H3. The second-order valence-corrected chi connectivity index (χ2v) is 4.79. The van der Waals surface area contributed by atoms with E-state index in [4.69, 9.17) is 4.84 Å². The van der Waals surface area contributed by atoms with Gasteiger partial charge in [0.25, 0.3) is 0 Å². The first-order chi connectivity index (χ1) is 7.56. The number of hydrogen-bond donors (Lipinski definition) is 1. The van der Waals surface area contributed by atoms with Crippen LogP contribution in [0.3, 0.4) is 0 Å². The maximum atomic E-state index is 4.93. The third kappa shape index (κ3) is 3.32. The molecule has 0 aliphatic rings. The molecule has 2 nitrogen and oxygen atoms in total. The zero-order chi connectivity index (χ0) is 12.1. The predicted molar refractivity (Wildman–Crippen MR) is 68.5 cm³/mol. The second kappa shape index (κ2) is 6.02. The molecule has 0 aliphatic carbocycles. The molecule has 0 aliphatic heterocycles.